The summed E-state index contributed by atoms with van der Waals surface area (Å²) in [6.45, 7) is 10.00. The fourth-order valence-electron chi connectivity index (χ4n) is 2.26. The zero-order chi connectivity index (χ0) is 16.2. The first-order valence-corrected chi connectivity index (χ1v) is 8.93. The lowest BCUT2D eigenvalue weighted by molar-refractivity contribution is 0.0468. The molecule has 3 nitrogen and oxygen atoms in total. The second-order valence-corrected chi connectivity index (χ2v) is 7.52. The van der Waals surface area contributed by atoms with Crippen LogP contribution in [-0.4, -0.2) is 16.4 Å². The molecule has 3 heteroatoms. The van der Waals surface area contributed by atoms with Crippen LogP contribution in [0, 0.1) is 0 Å². The average molecular weight is 299 g/mol. The van der Waals surface area contributed by atoms with Crippen LogP contribution in [0.15, 0.2) is 10.2 Å². The van der Waals surface area contributed by atoms with Crippen LogP contribution in [0.2, 0.25) is 0 Å². The molecule has 0 aromatic heterocycles. The molecule has 0 heterocycles. The molecule has 0 aliphatic rings. The molecular formula is C18H38N2O. The molecule has 0 bridgehead atoms. The van der Waals surface area contributed by atoms with Gasteiger partial charge in [-0.05, 0) is 40.5 Å². The largest absolute Gasteiger partial charge is 0.368 e. The molecule has 1 N–H and O–H groups in total. The number of hydrogen-bond acceptors (Lipinski definition) is 3. The molecule has 0 aromatic carbocycles. The molecule has 0 fully saturated rings. The number of azo groups is 1. The summed E-state index contributed by atoms with van der Waals surface area (Å²) in [5, 5.41) is 18.4. The molecule has 0 saturated carbocycles. The van der Waals surface area contributed by atoms with Crippen molar-refractivity contribution in [3.05, 3.63) is 0 Å². The van der Waals surface area contributed by atoms with Crippen LogP contribution >= 0.6 is 0 Å². The second-order valence-electron chi connectivity index (χ2n) is 7.52. The molecular weight excluding hydrogens is 260 g/mol. The van der Waals surface area contributed by atoms with Crippen LogP contribution in [0.4, 0.5) is 0 Å². The Hall–Kier alpha value is -0.440. The molecule has 1 atom stereocenters. The third-order valence-corrected chi connectivity index (χ3v) is 3.57. The number of nitrogens with zero attached hydrogens (tertiary/aromatic N) is 2. The summed E-state index contributed by atoms with van der Waals surface area (Å²) in [5.41, 5.74) is -1.20. The SMILES string of the molecule is CCCCCCCCCCCCC(C)(O)/N=N/C(C)(C)C. The van der Waals surface area contributed by atoms with E-state index in [9.17, 15) is 5.11 Å². The van der Waals surface area contributed by atoms with Crippen molar-refractivity contribution >= 4 is 0 Å². The molecule has 0 saturated heterocycles. The molecule has 0 aliphatic carbocycles. The van der Waals surface area contributed by atoms with Crippen LogP contribution in [0.1, 0.15) is 105 Å². The summed E-state index contributed by atoms with van der Waals surface area (Å²) in [6.07, 6.45) is 13.8. The highest BCUT2D eigenvalue weighted by Gasteiger charge is 2.20. The van der Waals surface area contributed by atoms with E-state index in [0.717, 1.165) is 6.42 Å². The van der Waals surface area contributed by atoms with Crippen molar-refractivity contribution in [3.8, 4) is 0 Å². The maximum atomic E-state index is 10.1. The molecule has 0 rings (SSSR count). The molecule has 0 aromatic rings. The minimum Gasteiger partial charge on any atom is -0.368 e. The standard InChI is InChI=1S/C18H38N2O/c1-6-7-8-9-10-11-12-13-14-15-16-18(5,21)20-19-17(2,3)4/h21H,6-16H2,1-5H3/b20-19+. The Labute approximate surface area is 132 Å². The normalized spacial score (nSPS) is 15.5. The first kappa shape index (κ1) is 20.6. The van der Waals surface area contributed by atoms with Gasteiger partial charge in [0.15, 0.2) is 5.72 Å². The van der Waals surface area contributed by atoms with Crippen molar-refractivity contribution in [1.29, 1.82) is 0 Å². The van der Waals surface area contributed by atoms with Gasteiger partial charge in [0.05, 0.1) is 5.54 Å². The highest BCUT2D eigenvalue weighted by Crippen LogP contribution is 2.20. The van der Waals surface area contributed by atoms with Crippen molar-refractivity contribution in [1.82, 2.24) is 0 Å². The van der Waals surface area contributed by atoms with Crippen LogP contribution in [0.25, 0.3) is 0 Å². The van der Waals surface area contributed by atoms with E-state index in [1.54, 1.807) is 6.92 Å². The van der Waals surface area contributed by atoms with Gasteiger partial charge in [-0.15, -0.1) is 0 Å². The summed E-state index contributed by atoms with van der Waals surface area (Å²) >= 11 is 0. The first-order valence-electron chi connectivity index (χ1n) is 8.93. The Morgan fingerprint density at radius 2 is 1.10 bits per heavy atom. The van der Waals surface area contributed by atoms with E-state index < -0.39 is 5.72 Å². The highest BCUT2D eigenvalue weighted by molar-refractivity contribution is 4.72. The lowest BCUT2D eigenvalue weighted by atomic mass is 10.0. The number of rotatable bonds is 12. The van der Waals surface area contributed by atoms with Gasteiger partial charge in [-0.2, -0.15) is 10.2 Å². The molecule has 1 unspecified atom stereocenters. The van der Waals surface area contributed by atoms with E-state index in [1.165, 1.54) is 57.8 Å². The van der Waals surface area contributed by atoms with Crippen LogP contribution in [-0.2, 0) is 0 Å². The highest BCUT2D eigenvalue weighted by atomic mass is 16.3. The predicted molar refractivity (Wildman–Crippen MR) is 91.7 cm³/mol. The Kier molecular flexibility index (Phi) is 10.9. The van der Waals surface area contributed by atoms with Gasteiger partial charge >= 0.3 is 0 Å². The van der Waals surface area contributed by atoms with E-state index in [4.69, 9.17) is 0 Å². The first-order chi connectivity index (χ1) is 9.77. The maximum Gasteiger partial charge on any atom is 0.173 e. The number of aliphatic hydroxyl groups is 1. The van der Waals surface area contributed by atoms with Gasteiger partial charge in [-0.3, -0.25) is 0 Å². The second kappa shape index (κ2) is 11.2. The zero-order valence-corrected chi connectivity index (χ0v) is 15.1. The molecule has 0 radical (unpaired) electrons. The minimum absolute atomic E-state index is 0.207. The zero-order valence-electron chi connectivity index (χ0n) is 15.1. The monoisotopic (exact) mass is 298 g/mol. The van der Waals surface area contributed by atoms with Crippen molar-refractivity contribution in [2.45, 2.75) is 117 Å². The third-order valence-electron chi connectivity index (χ3n) is 3.57. The molecule has 126 valence electrons. The molecule has 0 amide bonds. The van der Waals surface area contributed by atoms with Crippen molar-refractivity contribution in [2.24, 2.45) is 10.2 Å². The Bertz CT molecular complexity index is 267. The van der Waals surface area contributed by atoms with Crippen LogP contribution in [0.3, 0.4) is 0 Å². The average Bonchev–Trinajstić information content (AvgIpc) is 2.38. The van der Waals surface area contributed by atoms with Gasteiger partial charge in [0.25, 0.3) is 0 Å². The van der Waals surface area contributed by atoms with Gasteiger partial charge in [-0.25, -0.2) is 0 Å². The lowest BCUT2D eigenvalue weighted by Crippen LogP contribution is -2.22. The summed E-state index contributed by atoms with van der Waals surface area (Å²) in [4.78, 5) is 0. The Balaban J connectivity index is 3.51. The van der Waals surface area contributed by atoms with Crippen molar-refractivity contribution in [3.63, 3.8) is 0 Å². The number of unbranched alkanes of at least 4 members (excludes halogenated alkanes) is 9. The van der Waals surface area contributed by atoms with Crippen LogP contribution in [0.5, 0.6) is 0 Å². The number of hydrogen-bond donors (Lipinski definition) is 1. The van der Waals surface area contributed by atoms with E-state index in [-0.39, 0.29) is 5.54 Å². The molecule has 0 aliphatic heterocycles. The topological polar surface area (TPSA) is 45.0 Å². The third kappa shape index (κ3) is 15.8. The Morgan fingerprint density at radius 3 is 1.52 bits per heavy atom. The van der Waals surface area contributed by atoms with Crippen molar-refractivity contribution in [2.75, 3.05) is 0 Å². The maximum absolute atomic E-state index is 10.1. The Morgan fingerprint density at radius 1 is 0.667 bits per heavy atom. The van der Waals surface area contributed by atoms with Gasteiger partial charge in [0.1, 0.15) is 0 Å². The summed E-state index contributed by atoms with van der Waals surface area (Å²) in [6, 6.07) is 0. The molecule has 0 spiro atoms. The van der Waals surface area contributed by atoms with Gasteiger partial charge in [-0.1, -0.05) is 64.7 Å². The summed E-state index contributed by atoms with van der Waals surface area (Å²) in [7, 11) is 0. The minimum atomic E-state index is -0.993. The quantitative estimate of drug-likeness (QED) is 0.335. The van der Waals surface area contributed by atoms with E-state index in [2.05, 4.69) is 17.2 Å². The van der Waals surface area contributed by atoms with Gasteiger partial charge in [0.2, 0.25) is 0 Å². The summed E-state index contributed by atoms with van der Waals surface area (Å²) in [5.74, 6) is 0. The molecule has 21 heavy (non-hydrogen) atoms. The van der Waals surface area contributed by atoms with E-state index >= 15 is 0 Å². The summed E-state index contributed by atoms with van der Waals surface area (Å²) < 4.78 is 0. The van der Waals surface area contributed by atoms with E-state index in [1.807, 2.05) is 20.8 Å². The fraction of sp³-hybridized carbons (Fsp3) is 1.00. The van der Waals surface area contributed by atoms with Crippen LogP contribution < -0.4 is 0 Å². The van der Waals surface area contributed by atoms with Gasteiger partial charge in [0, 0.05) is 0 Å². The van der Waals surface area contributed by atoms with Crippen molar-refractivity contribution < 1.29 is 5.11 Å². The lowest BCUT2D eigenvalue weighted by Gasteiger charge is -2.19. The predicted octanol–water partition coefficient (Wildman–Crippen LogP) is 6.26. The van der Waals surface area contributed by atoms with Gasteiger partial charge < -0.3 is 5.11 Å². The fourth-order valence-corrected chi connectivity index (χ4v) is 2.26. The smallest absolute Gasteiger partial charge is 0.173 e. The van der Waals surface area contributed by atoms with E-state index in [0.29, 0.717) is 6.42 Å².